The second kappa shape index (κ2) is 6.84. The lowest BCUT2D eigenvalue weighted by atomic mass is 10.0. The molecule has 6 heteroatoms. The number of benzene rings is 2. The molecule has 2 N–H and O–H groups in total. The molecule has 0 aromatic heterocycles. The average Bonchev–Trinajstić information content (AvgIpc) is 3.34. The zero-order valence-electron chi connectivity index (χ0n) is 13.5. The van der Waals surface area contributed by atoms with Gasteiger partial charge in [-0.3, -0.25) is 9.59 Å². The molecule has 0 aliphatic heterocycles. The molecule has 2 aromatic carbocycles. The fraction of sp³-hybridized carbons (Fsp3) is 0.263. The van der Waals surface area contributed by atoms with E-state index in [1.54, 1.807) is 37.3 Å². The van der Waals surface area contributed by atoms with Crippen molar-refractivity contribution in [1.82, 2.24) is 0 Å². The van der Waals surface area contributed by atoms with E-state index in [1.165, 1.54) is 12.1 Å². The average molecular weight is 362 g/mol. The van der Waals surface area contributed by atoms with Crippen LogP contribution in [0.1, 0.15) is 36.3 Å². The van der Waals surface area contributed by atoms with E-state index >= 15 is 0 Å². The molecule has 1 amide bonds. The van der Waals surface area contributed by atoms with Crippen LogP contribution in [-0.2, 0) is 9.59 Å². The van der Waals surface area contributed by atoms with Gasteiger partial charge in [-0.1, -0.05) is 29.8 Å². The number of nitrogens with one attached hydrogen (secondary N) is 1. The number of carbonyl (C=O) groups excluding carboxylic acids is 1. The summed E-state index contributed by atoms with van der Waals surface area (Å²) in [6.45, 7) is 1.58. The van der Waals surface area contributed by atoms with Gasteiger partial charge in [0.15, 0.2) is 0 Å². The Balaban J connectivity index is 1.70. The summed E-state index contributed by atoms with van der Waals surface area (Å²) in [6, 6.07) is 11.2. The molecular formula is C19H17ClFNO3. The second-order valence-electron chi connectivity index (χ2n) is 6.26. The summed E-state index contributed by atoms with van der Waals surface area (Å²) >= 11 is 6.05. The lowest BCUT2D eigenvalue weighted by Crippen LogP contribution is -2.15. The summed E-state index contributed by atoms with van der Waals surface area (Å²) < 4.78 is 14.0. The largest absolute Gasteiger partial charge is 0.481 e. The second-order valence-corrected chi connectivity index (χ2v) is 6.67. The Morgan fingerprint density at radius 3 is 2.68 bits per heavy atom. The van der Waals surface area contributed by atoms with Crippen LogP contribution in [0.25, 0.3) is 0 Å². The van der Waals surface area contributed by atoms with Crippen molar-refractivity contribution in [2.45, 2.75) is 25.2 Å². The van der Waals surface area contributed by atoms with Crippen LogP contribution in [0.3, 0.4) is 0 Å². The maximum atomic E-state index is 14.0. The van der Waals surface area contributed by atoms with E-state index in [1.807, 2.05) is 0 Å². The predicted molar refractivity (Wildman–Crippen MR) is 93.4 cm³/mol. The van der Waals surface area contributed by atoms with Crippen LogP contribution in [0.5, 0.6) is 0 Å². The zero-order valence-corrected chi connectivity index (χ0v) is 14.3. The Morgan fingerprint density at radius 2 is 2.00 bits per heavy atom. The third kappa shape index (κ3) is 3.66. The van der Waals surface area contributed by atoms with Crippen molar-refractivity contribution in [3.05, 3.63) is 64.4 Å². The minimum Gasteiger partial charge on any atom is -0.481 e. The number of rotatable bonds is 5. The summed E-state index contributed by atoms with van der Waals surface area (Å²) in [7, 11) is 0. The van der Waals surface area contributed by atoms with Crippen molar-refractivity contribution < 1.29 is 19.1 Å². The van der Waals surface area contributed by atoms with Gasteiger partial charge >= 0.3 is 5.97 Å². The lowest BCUT2D eigenvalue weighted by molar-refractivity contribution is -0.138. The normalized spacial score (nSPS) is 20.0. The quantitative estimate of drug-likeness (QED) is 0.829. The Morgan fingerprint density at radius 1 is 1.28 bits per heavy atom. The molecule has 1 aliphatic carbocycles. The molecule has 3 rings (SSSR count). The van der Waals surface area contributed by atoms with Crippen molar-refractivity contribution in [2.24, 2.45) is 5.92 Å². The maximum Gasteiger partial charge on any atom is 0.310 e. The van der Waals surface area contributed by atoms with Gasteiger partial charge in [0.2, 0.25) is 5.91 Å². The fourth-order valence-electron chi connectivity index (χ4n) is 2.93. The molecule has 3 atom stereocenters. The highest BCUT2D eigenvalue weighted by Crippen LogP contribution is 2.50. The van der Waals surface area contributed by atoms with Gasteiger partial charge in [-0.2, -0.15) is 0 Å². The van der Waals surface area contributed by atoms with Gasteiger partial charge in [0.05, 0.1) is 5.92 Å². The number of hydrogen-bond acceptors (Lipinski definition) is 2. The Bertz CT molecular complexity index is 819. The van der Waals surface area contributed by atoms with Crippen LogP contribution >= 0.6 is 11.6 Å². The Hall–Kier alpha value is -2.40. The van der Waals surface area contributed by atoms with Gasteiger partial charge in [0, 0.05) is 28.1 Å². The summed E-state index contributed by atoms with van der Waals surface area (Å²) in [5.74, 6) is -2.78. The Kier molecular flexibility index (Phi) is 4.77. The van der Waals surface area contributed by atoms with E-state index in [0.717, 1.165) is 0 Å². The first-order valence-electron chi connectivity index (χ1n) is 7.96. The molecule has 0 saturated heterocycles. The van der Waals surface area contributed by atoms with Crippen LogP contribution in [0.4, 0.5) is 10.1 Å². The number of halogens is 2. The number of aliphatic carboxylic acids is 1. The van der Waals surface area contributed by atoms with Crippen molar-refractivity contribution in [2.75, 3.05) is 5.32 Å². The summed E-state index contributed by atoms with van der Waals surface area (Å²) in [5.41, 5.74) is 1.52. The molecular weight excluding hydrogens is 345 g/mol. The molecule has 0 spiro atoms. The van der Waals surface area contributed by atoms with Crippen molar-refractivity contribution >= 4 is 29.2 Å². The van der Waals surface area contributed by atoms with E-state index in [4.69, 9.17) is 16.7 Å². The number of hydrogen-bond donors (Lipinski definition) is 2. The standard InChI is InChI=1S/C19H17ClFNO3/c1-10(19(24)25)11-4-2-5-12(8-11)22-18(23)14-9-13(14)17-15(20)6-3-7-16(17)21/h2-8,10,13-14H,9H2,1H3,(H,22,23)(H,24,25). The predicted octanol–water partition coefficient (Wildman–Crippen LogP) is 4.41. The first-order valence-corrected chi connectivity index (χ1v) is 8.34. The van der Waals surface area contributed by atoms with Crippen LogP contribution < -0.4 is 5.32 Å². The summed E-state index contributed by atoms with van der Waals surface area (Å²) in [4.78, 5) is 23.5. The van der Waals surface area contributed by atoms with Crippen molar-refractivity contribution in [3.8, 4) is 0 Å². The van der Waals surface area contributed by atoms with Gasteiger partial charge in [0.1, 0.15) is 5.82 Å². The zero-order chi connectivity index (χ0) is 18.1. The van der Waals surface area contributed by atoms with E-state index in [2.05, 4.69) is 5.32 Å². The number of carbonyl (C=O) groups is 2. The van der Waals surface area contributed by atoms with Gasteiger partial charge in [-0.15, -0.1) is 0 Å². The molecule has 1 aliphatic rings. The number of anilines is 1. The molecule has 4 nitrogen and oxygen atoms in total. The molecule has 0 heterocycles. The van der Waals surface area contributed by atoms with E-state index in [0.29, 0.717) is 28.3 Å². The number of carboxylic acids is 1. The molecule has 1 saturated carbocycles. The van der Waals surface area contributed by atoms with Crippen LogP contribution in [0, 0.1) is 11.7 Å². The van der Waals surface area contributed by atoms with Gasteiger partial charge in [-0.05, 0) is 43.2 Å². The van der Waals surface area contributed by atoms with Crippen LogP contribution in [-0.4, -0.2) is 17.0 Å². The molecule has 0 bridgehead atoms. The van der Waals surface area contributed by atoms with E-state index < -0.39 is 17.7 Å². The van der Waals surface area contributed by atoms with Crippen molar-refractivity contribution in [3.63, 3.8) is 0 Å². The smallest absolute Gasteiger partial charge is 0.310 e. The molecule has 1 fully saturated rings. The van der Waals surface area contributed by atoms with Crippen LogP contribution in [0.15, 0.2) is 42.5 Å². The first-order chi connectivity index (χ1) is 11.9. The lowest BCUT2D eigenvalue weighted by Gasteiger charge is -2.10. The van der Waals surface area contributed by atoms with Gasteiger partial charge in [-0.25, -0.2) is 4.39 Å². The third-order valence-corrected chi connectivity index (χ3v) is 4.85. The van der Waals surface area contributed by atoms with Crippen LogP contribution in [0.2, 0.25) is 5.02 Å². The van der Waals surface area contributed by atoms with Crippen molar-refractivity contribution in [1.29, 1.82) is 0 Å². The summed E-state index contributed by atoms with van der Waals surface area (Å²) in [6.07, 6.45) is 0.539. The Labute approximate surface area is 149 Å². The third-order valence-electron chi connectivity index (χ3n) is 4.52. The summed E-state index contributed by atoms with van der Waals surface area (Å²) in [5, 5.41) is 12.2. The van der Waals surface area contributed by atoms with Gasteiger partial charge < -0.3 is 10.4 Å². The minimum atomic E-state index is -0.931. The van der Waals surface area contributed by atoms with Gasteiger partial charge in [0.25, 0.3) is 0 Å². The SMILES string of the molecule is CC(C(=O)O)c1cccc(NC(=O)C2CC2c2c(F)cccc2Cl)c1. The molecule has 2 aromatic rings. The molecule has 25 heavy (non-hydrogen) atoms. The fourth-order valence-corrected chi connectivity index (χ4v) is 3.24. The molecule has 3 unspecified atom stereocenters. The highest BCUT2D eigenvalue weighted by molar-refractivity contribution is 6.31. The topological polar surface area (TPSA) is 66.4 Å². The highest BCUT2D eigenvalue weighted by atomic mass is 35.5. The van der Waals surface area contributed by atoms with E-state index in [-0.39, 0.29) is 17.7 Å². The minimum absolute atomic E-state index is 0.218. The maximum absolute atomic E-state index is 14.0. The number of amides is 1. The highest BCUT2D eigenvalue weighted by Gasteiger charge is 2.46. The molecule has 130 valence electrons. The van der Waals surface area contributed by atoms with E-state index in [9.17, 15) is 14.0 Å². The number of carboxylic acid groups (broad SMARTS) is 1. The monoisotopic (exact) mass is 361 g/mol. The molecule has 0 radical (unpaired) electrons. The first kappa shape index (κ1) is 17.4.